The number of aryl methyl sites for hydroxylation is 1. The van der Waals surface area contributed by atoms with Crippen LogP contribution >= 0.6 is 11.8 Å². The number of esters is 1. The minimum absolute atomic E-state index is 0.197. The molecule has 0 spiro atoms. The highest BCUT2D eigenvalue weighted by atomic mass is 32.2. The summed E-state index contributed by atoms with van der Waals surface area (Å²) >= 11 is 1.67. The zero-order valence-electron chi connectivity index (χ0n) is 12.8. The fraction of sp³-hybridized carbons (Fsp3) is 0.786. The molecule has 1 aromatic heterocycles. The largest absolute Gasteiger partial charge is 0.468 e. The third kappa shape index (κ3) is 4.44. The summed E-state index contributed by atoms with van der Waals surface area (Å²) in [7, 11) is 1.43. The van der Waals surface area contributed by atoms with Gasteiger partial charge in [0.05, 0.1) is 7.11 Å². The zero-order valence-corrected chi connectivity index (χ0v) is 13.6. The van der Waals surface area contributed by atoms with Crippen molar-refractivity contribution in [2.75, 3.05) is 19.4 Å². The van der Waals surface area contributed by atoms with Crippen molar-refractivity contribution in [3.63, 3.8) is 0 Å². The Bertz CT molecular complexity index is 464. The quantitative estimate of drug-likeness (QED) is 0.610. The van der Waals surface area contributed by atoms with Crippen molar-refractivity contribution in [1.82, 2.24) is 20.1 Å². The van der Waals surface area contributed by atoms with Gasteiger partial charge in [-0.05, 0) is 25.8 Å². The maximum atomic E-state index is 11.6. The Hall–Kier alpha value is -1.08. The van der Waals surface area contributed by atoms with Crippen LogP contribution in [0.3, 0.4) is 0 Å². The minimum atomic E-state index is -0.237. The van der Waals surface area contributed by atoms with Crippen molar-refractivity contribution >= 4 is 17.7 Å². The molecular weight excluding hydrogens is 288 g/mol. The van der Waals surface area contributed by atoms with E-state index in [-0.39, 0.29) is 12.0 Å². The van der Waals surface area contributed by atoms with Crippen LogP contribution in [-0.4, -0.2) is 46.2 Å². The molecule has 0 aliphatic carbocycles. The highest BCUT2D eigenvalue weighted by Gasteiger charge is 2.19. The molecule has 1 atom stereocenters. The lowest BCUT2D eigenvalue weighted by Crippen LogP contribution is -2.37. The van der Waals surface area contributed by atoms with Gasteiger partial charge in [-0.25, -0.2) is 0 Å². The standard InChI is InChI=1S/C14H24N4O2S/c1-3-15-11(13(19)20-2)8-10-21-14-17-16-12-7-5-4-6-9-18(12)14/h11,15H,3-10H2,1-2H3. The number of hydrogen-bond donors (Lipinski definition) is 1. The van der Waals surface area contributed by atoms with Gasteiger partial charge in [0.1, 0.15) is 11.9 Å². The first-order chi connectivity index (χ1) is 10.3. The second kappa shape index (κ2) is 8.38. The predicted octanol–water partition coefficient (Wildman–Crippen LogP) is 1.64. The number of likely N-dealkylation sites (N-methyl/N-ethyl adjacent to an activating group) is 1. The summed E-state index contributed by atoms with van der Waals surface area (Å²) in [4.78, 5) is 11.6. The molecule has 21 heavy (non-hydrogen) atoms. The molecule has 1 unspecified atom stereocenters. The Morgan fingerprint density at radius 3 is 3.05 bits per heavy atom. The molecule has 7 heteroatoms. The van der Waals surface area contributed by atoms with E-state index >= 15 is 0 Å². The Kier molecular flexibility index (Phi) is 6.50. The molecule has 2 rings (SSSR count). The van der Waals surface area contributed by atoms with Gasteiger partial charge in [-0.2, -0.15) is 0 Å². The van der Waals surface area contributed by atoms with Crippen molar-refractivity contribution in [1.29, 1.82) is 0 Å². The average Bonchev–Trinajstić information content (AvgIpc) is 2.73. The molecule has 0 fully saturated rings. The van der Waals surface area contributed by atoms with Crippen molar-refractivity contribution in [3.8, 4) is 0 Å². The summed E-state index contributed by atoms with van der Waals surface area (Å²) in [6.07, 6.45) is 5.41. The Morgan fingerprint density at radius 1 is 1.43 bits per heavy atom. The molecule has 6 nitrogen and oxygen atoms in total. The molecule has 0 bridgehead atoms. The zero-order chi connectivity index (χ0) is 15.1. The maximum Gasteiger partial charge on any atom is 0.322 e. The topological polar surface area (TPSA) is 69.0 Å². The number of carbonyl (C=O) groups excluding carboxylic acids is 1. The van der Waals surface area contributed by atoms with Gasteiger partial charge in [-0.1, -0.05) is 25.1 Å². The van der Waals surface area contributed by atoms with Crippen LogP contribution in [0.1, 0.15) is 38.4 Å². The molecule has 118 valence electrons. The van der Waals surface area contributed by atoms with Crippen LogP contribution in [0.5, 0.6) is 0 Å². The van der Waals surface area contributed by atoms with E-state index in [1.54, 1.807) is 11.8 Å². The molecule has 1 aliphatic heterocycles. The van der Waals surface area contributed by atoms with Gasteiger partial charge in [0.2, 0.25) is 0 Å². The van der Waals surface area contributed by atoms with Gasteiger partial charge in [0.25, 0.3) is 0 Å². The third-order valence-electron chi connectivity index (χ3n) is 3.65. The first kappa shape index (κ1) is 16.3. The smallest absolute Gasteiger partial charge is 0.322 e. The second-order valence-electron chi connectivity index (χ2n) is 5.13. The number of methoxy groups -OCH3 is 1. The SMILES string of the molecule is CCNC(CCSc1nnc2n1CCCCC2)C(=O)OC. The van der Waals surface area contributed by atoms with Crippen molar-refractivity contribution in [2.45, 2.75) is 56.8 Å². The molecule has 0 saturated heterocycles. The Labute approximate surface area is 130 Å². The number of fused-ring (bicyclic) bond motifs is 1. The minimum Gasteiger partial charge on any atom is -0.468 e. The lowest BCUT2D eigenvalue weighted by atomic mass is 10.2. The molecule has 1 aliphatic rings. The van der Waals surface area contributed by atoms with E-state index in [1.807, 2.05) is 6.92 Å². The van der Waals surface area contributed by atoms with Gasteiger partial charge in [-0.15, -0.1) is 10.2 Å². The molecule has 0 saturated carbocycles. The van der Waals surface area contributed by atoms with E-state index in [0.29, 0.717) is 0 Å². The highest BCUT2D eigenvalue weighted by molar-refractivity contribution is 7.99. The summed E-state index contributed by atoms with van der Waals surface area (Å²) in [5, 5.41) is 12.7. The second-order valence-corrected chi connectivity index (χ2v) is 6.19. The van der Waals surface area contributed by atoms with Crippen LogP contribution in [0, 0.1) is 0 Å². The predicted molar refractivity (Wildman–Crippen MR) is 82.4 cm³/mol. The lowest BCUT2D eigenvalue weighted by molar-refractivity contribution is -0.143. The number of nitrogens with zero attached hydrogens (tertiary/aromatic N) is 3. The lowest BCUT2D eigenvalue weighted by Gasteiger charge is -2.14. The van der Waals surface area contributed by atoms with E-state index in [0.717, 1.165) is 42.7 Å². The molecule has 2 heterocycles. The Balaban J connectivity index is 1.88. The van der Waals surface area contributed by atoms with Crippen LogP contribution in [0.15, 0.2) is 5.16 Å². The van der Waals surface area contributed by atoms with E-state index in [4.69, 9.17) is 4.74 Å². The monoisotopic (exact) mass is 312 g/mol. The number of aromatic nitrogens is 3. The van der Waals surface area contributed by atoms with Crippen molar-refractivity contribution in [2.24, 2.45) is 0 Å². The van der Waals surface area contributed by atoms with E-state index in [9.17, 15) is 4.79 Å². The van der Waals surface area contributed by atoms with Gasteiger partial charge < -0.3 is 14.6 Å². The molecule has 1 N–H and O–H groups in total. The third-order valence-corrected chi connectivity index (χ3v) is 4.65. The van der Waals surface area contributed by atoms with Crippen molar-refractivity contribution < 1.29 is 9.53 Å². The molecule has 0 amide bonds. The first-order valence-electron chi connectivity index (χ1n) is 7.62. The average molecular weight is 312 g/mol. The Morgan fingerprint density at radius 2 is 2.29 bits per heavy atom. The number of thioether (sulfide) groups is 1. The van der Waals surface area contributed by atoms with Gasteiger partial charge >= 0.3 is 5.97 Å². The fourth-order valence-electron chi connectivity index (χ4n) is 2.53. The molecular formula is C14H24N4O2S. The summed E-state index contributed by atoms with van der Waals surface area (Å²) in [6, 6.07) is -0.237. The van der Waals surface area contributed by atoms with Gasteiger partial charge in [0, 0.05) is 18.7 Å². The van der Waals surface area contributed by atoms with E-state index in [1.165, 1.54) is 26.4 Å². The summed E-state index contributed by atoms with van der Waals surface area (Å²) < 4.78 is 7.05. The molecule has 1 aromatic rings. The van der Waals surface area contributed by atoms with Crippen molar-refractivity contribution in [3.05, 3.63) is 5.82 Å². The number of rotatable bonds is 7. The molecule has 0 aromatic carbocycles. The van der Waals surface area contributed by atoms with Crippen LogP contribution < -0.4 is 5.32 Å². The summed E-state index contributed by atoms with van der Waals surface area (Å²) in [5.41, 5.74) is 0. The van der Waals surface area contributed by atoms with Gasteiger partial charge in [0.15, 0.2) is 5.16 Å². The van der Waals surface area contributed by atoms with E-state index < -0.39 is 0 Å². The number of hydrogen-bond acceptors (Lipinski definition) is 6. The first-order valence-corrected chi connectivity index (χ1v) is 8.61. The molecule has 0 radical (unpaired) electrons. The number of carbonyl (C=O) groups is 1. The summed E-state index contributed by atoms with van der Waals surface area (Å²) in [6.45, 7) is 3.75. The number of nitrogens with one attached hydrogen (secondary N) is 1. The normalized spacial score (nSPS) is 16.1. The van der Waals surface area contributed by atoms with Crippen LogP contribution in [-0.2, 0) is 22.5 Å². The van der Waals surface area contributed by atoms with E-state index in [2.05, 4.69) is 20.1 Å². The van der Waals surface area contributed by atoms with Crippen LogP contribution in [0.2, 0.25) is 0 Å². The van der Waals surface area contributed by atoms with Crippen LogP contribution in [0.4, 0.5) is 0 Å². The van der Waals surface area contributed by atoms with Crippen LogP contribution in [0.25, 0.3) is 0 Å². The fourth-order valence-corrected chi connectivity index (χ4v) is 3.51. The van der Waals surface area contributed by atoms with Gasteiger partial charge in [-0.3, -0.25) is 4.79 Å². The highest BCUT2D eigenvalue weighted by Crippen LogP contribution is 2.22. The summed E-state index contributed by atoms with van der Waals surface area (Å²) in [5.74, 6) is 1.73. The maximum absolute atomic E-state index is 11.6. The number of ether oxygens (including phenoxy) is 1.